The monoisotopic (exact) mass is 498 g/mol. The third-order valence-electron chi connectivity index (χ3n) is 6.58. The predicted molar refractivity (Wildman–Crippen MR) is 144 cm³/mol. The lowest BCUT2D eigenvalue weighted by atomic mass is 10.0. The molecule has 0 unspecified atom stereocenters. The van der Waals surface area contributed by atoms with Crippen LogP contribution in [0.25, 0.3) is 0 Å². The van der Waals surface area contributed by atoms with Crippen LogP contribution in [0.1, 0.15) is 123 Å². The van der Waals surface area contributed by atoms with Crippen molar-refractivity contribution in [1.82, 2.24) is 9.55 Å². The van der Waals surface area contributed by atoms with Gasteiger partial charge in [0.25, 0.3) is 0 Å². The molecular weight excluding hydrogens is 452 g/mol. The quantitative estimate of drug-likeness (QED) is 0.139. The first kappa shape index (κ1) is 29.6. The number of aryl methyl sites for hydroxylation is 1. The summed E-state index contributed by atoms with van der Waals surface area (Å²) in [5.41, 5.74) is 1.75. The largest absolute Gasteiger partial charge is 0.465 e. The van der Waals surface area contributed by atoms with Crippen LogP contribution in [0.2, 0.25) is 0 Å². The molecular formula is C30H46N2O4. The number of imidazole rings is 1. The second-order valence-corrected chi connectivity index (χ2v) is 9.66. The molecule has 0 saturated heterocycles. The van der Waals surface area contributed by atoms with E-state index in [0.717, 1.165) is 12.1 Å². The summed E-state index contributed by atoms with van der Waals surface area (Å²) in [4.78, 5) is 28.4. The Bertz CT molecular complexity index is 877. The number of nitrogens with zero attached hydrogens (tertiary/aromatic N) is 2. The van der Waals surface area contributed by atoms with Gasteiger partial charge in [-0.05, 0) is 31.0 Å². The minimum Gasteiger partial charge on any atom is -0.465 e. The lowest BCUT2D eigenvalue weighted by Gasteiger charge is -2.06. The SMILES string of the molecule is CCCCCCCCCCCCCCCCc1cn(CCOC(=O)c2cccc(C(=O)OC)c2)cn1. The number of unbranched alkanes of at least 4 members (excludes halogenated alkanes) is 13. The van der Waals surface area contributed by atoms with Crippen LogP contribution in [0.4, 0.5) is 0 Å². The van der Waals surface area contributed by atoms with Gasteiger partial charge < -0.3 is 14.0 Å². The molecule has 0 N–H and O–H groups in total. The molecule has 1 heterocycles. The van der Waals surface area contributed by atoms with Crippen LogP contribution in [0.15, 0.2) is 36.8 Å². The highest BCUT2D eigenvalue weighted by Gasteiger charge is 2.11. The topological polar surface area (TPSA) is 70.4 Å². The lowest BCUT2D eigenvalue weighted by molar-refractivity contribution is 0.0491. The summed E-state index contributed by atoms with van der Waals surface area (Å²) in [5.74, 6) is -0.933. The summed E-state index contributed by atoms with van der Waals surface area (Å²) in [7, 11) is 1.31. The second kappa shape index (κ2) is 18.6. The van der Waals surface area contributed by atoms with Gasteiger partial charge in [0, 0.05) is 6.20 Å². The van der Waals surface area contributed by atoms with Gasteiger partial charge >= 0.3 is 11.9 Å². The van der Waals surface area contributed by atoms with Crippen LogP contribution in [0.5, 0.6) is 0 Å². The molecule has 1 aromatic carbocycles. The van der Waals surface area contributed by atoms with Crippen molar-refractivity contribution in [3.63, 3.8) is 0 Å². The van der Waals surface area contributed by atoms with E-state index in [9.17, 15) is 9.59 Å². The smallest absolute Gasteiger partial charge is 0.338 e. The number of benzene rings is 1. The molecule has 2 aromatic rings. The molecule has 200 valence electrons. The highest BCUT2D eigenvalue weighted by Crippen LogP contribution is 2.14. The number of carbonyl (C=O) groups is 2. The van der Waals surface area contributed by atoms with Gasteiger partial charge in [0.05, 0.1) is 36.8 Å². The van der Waals surface area contributed by atoms with Crippen molar-refractivity contribution in [3.8, 4) is 0 Å². The minimum atomic E-state index is -0.477. The van der Waals surface area contributed by atoms with E-state index in [4.69, 9.17) is 9.47 Å². The summed E-state index contributed by atoms with van der Waals surface area (Å²) in [6, 6.07) is 6.36. The predicted octanol–water partition coefficient (Wildman–Crippen LogP) is 7.55. The lowest BCUT2D eigenvalue weighted by Crippen LogP contribution is -2.11. The molecule has 1 aromatic heterocycles. The van der Waals surface area contributed by atoms with Gasteiger partial charge in [-0.2, -0.15) is 0 Å². The molecule has 0 saturated carbocycles. The van der Waals surface area contributed by atoms with E-state index >= 15 is 0 Å². The van der Waals surface area contributed by atoms with Gasteiger partial charge in [0.1, 0.15) is 6.61 Å². The summed E-state index contributed by atoms with van der Waals surface area (Å²) >= 11 is 0. The Morgan fingerprint density at radius 3 is 1.94 bits per heavy atom. The normalized spacial score (nSPS) is 10.9. The Kier molecular flexibility index (Phi) is 15.3. The third-order valence-corrected chi connectivity index (χ3v) is 6.58. The first-order valence-electron chi connectivity index (χ1n) is 14.0. The van der Waals surface area contributed by atoms with Gasteiger partial charge in [-0.25, -0.2) is 14.6 Å². The van der Waals surface area contributed by atoms with Crippen molar-refractivity contribution in [1.29, 1.82) is 0 Å². The van der Waals surface area contributed by atoms with E-state index in [2.05, 4.69) is 11.9 Å². The van der Waals surface area contributed by atoms with Crippen LogP contribution in [-0.2, 0) is 22.4 Å². The van der Waals surface area contributed by atoms with Crippen molar-refractivity contribution in [3.05, 3.63) is 53.6 Å². The molecule has 0 aliphatic carbocycles. The highest BCUT2D eigenvalue weighted by molar-refractivity contribution is 5.95. The molecule has 2 rings (SSSR count). The number of esters is 2. The molecule has 0 amide bonds. The van der Waals surface area contributed by atoms with Crippen LogP contribution >= 0.6 is 0 Å². The van der Waals surface area contributed by atoms with Gasteiger partial charge in [-0.3, -0.25) is 0 Å². The highest BCUT2D eigenvalue weighted by atomic mass is 16.5. The van der Waals surface area contributed by atoms with Crippen LogP contribution in [-0.4, -0.2) is 35.2 Å². The van der Waals surface area contributed by atoms with Crippen molar-refractivity contribution >= 4 is 11.9 Å². The number of hydrogen-bond acceptors (Lipinski definition) is 5. The number of aromatic nitrogens is 2. The summed E-state index contributed by atoms with van der Waals surface area (Å²) in [6.45, 7) is 3.07. The van der Waals surface area contributed by atoms with Gasteiger partial charge in [-0.1, -0.05) is 96.5 Å². The Balaban J connectivity index is 1.48. The Hall–Kier alpha value is -2.63. The van der Waals surface area contributed by atoms with Crippen molar-refractivity contribution in [2.75, 3.05) is 13.7 Å². The number of ether oxygens (including phenoxy) is 2. The zero-order chi connectivity index (χ0) is 25.8. The Morgan fingerprint density at radius 1 is 0.806 bits per heavy atom. The molecule has 0 bridgehead atoms. The fourth-order valence-corrected chi connectivity index (χ4v) is 4.38. The molecule has 0 aliphatic rings. The standard InChI is InChI=1S/C30H46N2O4/c1-3-4-5-6-7-8-9-10-11-12-13-14-15-16-20-28-24-32(25-31-28)21-22-36-30(34)27-19-17-18-26(23-27)29(33)35-2/h17-19,23-25H,3-16,20-22H2,1-2H3. The summed E-state index contributed by atoms with van der Waals surface area (Å²) in [6.07, 6.45) is 23.9. The minimum absolute atomic E-state index is 0.246. The van der Waals surface area contributed by atoms with Crippen LogP contribution < -0.4 is 0 Å². The molecule has 0 atom stereocenters. The first-order chi connectivity index (χ1) is 17.6. The van der Waals surface area contributed by atoms with Gasteiger partial charge in [-0.15, -0.1) is 0 Å². The Labute approximate surface area is 217 Å². The average Bonchev–Trinajstić information content (AvgIpc) is 3.35. The van der Waals surface area contributed by atoms with E-state index in [0.29, 0.717) is 17.7 Å². The number of hydrogen-bond donors (Lipinski definition) is 0. The number of rotatable bonds is 20. The van der Waals surface area contributed by atoms with Gasteiger partial charge in [0.15, 0.2) is 0 Å². The second-order valence-electron chi connectivity index (χ2n) is 9.66. The maximum atomic E-state index is 12.3. The molecule has 0 fully saturated rings. The van der Waals surface area contributed by atoms with E-state index in [-0.39, 0.29) is 6.61 Å². The van der Waals surface area contributed by atoms with Crippen molar-refractivity contribution < 1.29 is 19.1 Å². The van der Waals surface area contributed by atoms with Gasteiger partial charge in [0.2, 0.25) is 0 Å². The van der Waals surface area contributed by atoms with Crippen molar-refractivity contribution in [2.45, 2.75) is 110 Å². The molecule has 0 aliphatic heterocycles. The van der Waals surface area contributed by atoms with Crippen molar-refractivity contribution in [2.24, 2.45) is 0 Å². The molecule has 6 nitrogen and oxygen atoms in total. The van der Waals surface area contributed by atoms with E-state index in [1.807, 2.05) is 10.8 Å². The number of carbonyl (C=O) groups excluding carboxylic acids is 2. The zero-order valence-corrected chi connectivity index (χ0v) is 22.5. The molecule has 36 heavy (non-hydrogen) atoms. The maximum Gasteiger partial charge on any atom is 0.338 e. The molecule has 0 radical (unpaired) electrons. The van der Waals surface area contributed by atoms with E-state index in [1.165, 1.54) is 103 Å². The average molecular weight is 499 g/mol. The van der Waals surface area contributed by atoms with Crippen LogP contribution in [0.3, 0.4) is 0 Å². The fourth-order valence-electron chi connectivity index (χ4n) is 4.38. The zero-order valence-electron chi connectivity index (χ0n) is 22.5. The summed E-state index contributed by atoms with van der Waals surface area (Å²) in [5, 5.41) is 0. The third kappa shape index (κ3) is 12.4. The maximum absolute atomic E-state index is 12.3. The first-order valence-corrected chi connectivity index (χ1v) is 14.0. The van der Waals surface area contributed by atoms with E-state index < -0.39 is 11.9 Å². The number of methoxy groups -OCH3 is 1. The van der Waals surface area contributed by atoms with E-state index in [1.54, 1.807) is 24.5 Å². The Morgan fingerprint density at radius 2 is 1.36 bits per heavy atom. The fraction of sp³-hybridized carbons (Fsp3) is 0.633. The van der Waals surface area contributed by atoms with Crippen LogP contribution in [0, 0.1) is 0 Å². The molecule has 0 spiro atoms. The summed E-state index contributed by atoms with van der Waals surface area (Å²) < 4.78 is 12.0. The molecule has 6 heteroatoms.